The third-order valence-corrected chi connectivity index (χ3v) is 3.44. The van der Waals surface area contributed by atoms with Crippen LogP contribution < -0.4 is 16.0 Å². The zero-order valence-electron chi connectivity index (χ0n) is 16.0. The van der Waals surface area contributed by atoms with Gasteiger partial charge in [-0.2, -0.15) is 5.48 Å². The number of hydrogen-bond acceptors (Lipinski definition) is 8. The predicted octanol–water partition coefficient (Wildman–Crippen LogP) is 0.487. The molecule has 0 aliphatic rings. The maximum absolute atomic E-state index is 11.9. The molecule has 29 heavy (non-hydrogen) atoms. The summed E-state index contributed by atoms with van der Waals surface area (Å²) in [6.45, 7) is 4.41. The van der Waals surface area contributed by atoms with E-state index in [0.717, 1.165) is 0 Å². The lowest BCUT2D eigenvalue weighted by molar-refractivity contribution is -0.175. The van der Waals surface area contributed by atoms with Gasteiger partial charge in [0.1, 0.15) is 12.4 Å². The van der Waals surface area contributed by atoms with Gasteiger partial charge in [0.05, 0.1) is 19.4 Å². The summed E-state index contributed by atoms with van der Waals surface area (Å²) in [6.07, 6.45) is -2.12. The van der Waals surface area contributed by atoms with Gasteiger partial charge in [0.15, 0.2) is 5.60 Å². The zero-order chi connectivity index (χ0) is 22.0. The molecule has 0 aliphatic carbocycles. The molecule has 2 amide bonds. The summed E-state index contributed by atoms with van der Waals surface area (Å²) in [5, 5.41) is 19.2. The molecule has 0 spiro atoms. The Bertz CT molecular complexity index is 733. The van der Waals surface area contributed by atoms with Crippen molar-refractivity contribution in [2.45, 2.75) is 38.9 Å². The third kappa shape index (κ3) is 8.93. The number of carbonyl (C=O) groups excluding carboxylic acids is 3. The smallest absolute Gasteiger partial charge is 0.345 e. The molecular weight excluding hydrogens is 388 g/mol. The van der Waals surface area contributed by atoms with Crippen molar-refractivity contribution in [3.63, 3.8) is 0 Å². The molecular formula is C18H24N2O9. The third-order valence-electron chi connectivity index (χ3n) is 3.44. The number of carboxylic acids is 1. The van der Waals surface area contributed by atoms with E-state index in [-0.39, 0.29) is 6.61 Å². The lowest BCUT2D eigenvalue weighted by Gasteiger charge is -2.21. The number of aliphatic carboxylic acids is 1. The van der Waals surface area contributed by atoms with E-state index in [0.29, 0.717) is 23.8 Å². The molecule has 0 aliphatic heterocycles. The summed E-state index contributed by atoms with van der Waals surface area (Å²) in [6, 6.07) is 5.53. The minimum Gasteiger partial charge on any atom is -0.493 e. The van der Waals surface area contributed by atoms with Crippen LogP contribution >= 0.6 is 0 Å². The Balaban J connectivity index is 2.57. The summed E-state index contributed by atoms with van der Waals surface area (Å²) in [5.41, 5.74) is 4.01. The van der Waals surface area contributed by atoms with Crippen LogP contribution in [0.15, 0.2) is 24.3 Å². The first-order chi connectivity index (χ1) is 13.5. The monoisotopic (exact) mass is 412 g/mol. The van der Waals surface area contributed by atoms with Gasteiger partial charge in [0, 0.05) is 0 Å². The van der Waals surface area contributed by atoms with E-state index >= 15 is 0 Å². The van der Waals surface area contributed by atoms with Crippen LogP contribution in [0.3, 0.4) is 0 Å². The number of ether oxygens (including phenoxy) is 2. The van der Waals surface area contributed by atoms with Crippen LogP contribution in [0, 0.1) is 5.92 Å². The first kappa shape index (κ1) is 23.7. The lowest BCUT2D eigenvalue weighted by atomic mass is 9.96. The Labute approximate surface area is 166 Å². The lowest BCUT2D eigenvalue weighted by Crippen LogP contribution is -2.44. The van der Waals surface area contributed by atoms with Gasteiger partial charge in [0.25, 0.3) is 0 Å². The van der Waals surface area contributed by atoms with Crippen LogP contribution in [0.2, 0.25) is 0 Å². The fourth-order valence-electron chi connectivity index (χ4n) is 1.99. The number of esters is 1. The molecule has 0 bridgehead atoms. The summed E-state index contributed by atoms with van der Waals surface area (Å²) in [4.78, 5) is 49.3. The molecule has 0 saturated carbocycles. The van der Waals surface area contributed by atoms with E-state index in [1.54, 1.807) is 24.3 Å². The standard InChI is InChI=1S/C18H24N2O9/c1-11(2)9-27-13-5-3-12(4-6-13)10-28-14(21)7-18(26,16(23)24)8-15(22)29-20-17(19)25/h3-6,11,26H,7-10H2,1-2H3,(H,23,24)(H3,19,20,25). The van der Waals surface area contributed by atoms with Crippen molar-refractivity contribution in [3.8, 4) is 5.75 Å². The molecule has 1 rings (SSSR count). The Morgan fingerprint density at radius 1 is 1.10 bits per heavy atom. The molecule has 1 aromatic rings. The molecule has 1 atom stereocenters. The number of benzene rings is 1. The molecule has 0 heterocycles. The van der Waals surface area contributed by atoms with Gasteiger partial charge in [-0.25, -0.2) is 14.4 Å². The van der Waals surface area contributed by atoms with E-state index in [2.05, 4.69) is 4.84 Å². The molecule has 11 heteroatoms. The molecule has 0 fully saturated rings. The number of carboxylic acid groups (broad SMARTS) is 1. The van der Waals surface area contributed by atoms with Crippen molar-refractivity contribution < 1.29 is 43.7 Å². The average Bonchev–Trinajstić information content (AvgIpc) is 2.63. The van der Waals surface area contributed by atoms with Crippen LogP contribution in [0.5, 0.6) is 5.75 Å². The molecule has 0 aromatic heterocycles. The summed E-state index contributed by atoms with van der Waals surface area (Å²) in [5.74, 6) is -3.18. The summed E-state index contributed by atoms with van der Waals surface area (Å²) in [7, 11) is 0. The van der Waals surface area contributed by atoms with E-state index in [9.17, 15) is 24.3 Å². The maximum Gasteiger partial charge on any atom is 0.345 e. The number of primary amides is 1. The van der Waals surface area contributed by atoms with Gasteiger partial charge in [-0.1, -0.05) is 26.0 Å². The fraction of sp³-hybridized carbons (Fsp3) is 0.444. The largest absolute Gasteiger partial charge is 0.493 e. The first-order valence-corrected chi connectivity index (χ1v) is 8.60. The fourth-order valence-corrected chi connectivity index (χ4v) is 1.99. The van der Waals surface area contributed by atoms with Gasteiger partial charge in [-0.3, -0.25) is 4.79 Å². The second kappa shape index (κ2) is 10.9. The van der Waals surface area contributed by atoms with E-state index in [4.69, 9.17) is 20.3 Å². The van der Waals surface area contributed by atoms with E-state index in [1.165, 1.54) is 5.48 Å². The highest BCUT2D eigenvalue weighted by Gasteiger charge is 2.42. The summed E-state index contributed by atoms with van der Waals surface area (Å²) >= 11 is 0. The van der Waals surface area contributed by atoms with Crippen LogP contribution in [-0.2, 0) is 30.6 Å². The van der Waals surface area contributed by atoms with Gasteiger partial charge >= 0.3 is 23.9 Å². The van der Waals surface area contributed by atoms with Crippen LogP contribution in [0.25, 0.3) is 0 Å². The highest BCUT2D eigenvalue weighted by molar-refractivity contribution is 5.89. The average molecular weight is 412 g/mol. The Morgan fingerprint density at radius 3 is 2.21 bits per heavy atom. The number of carbonyl (C=O) groups is 4. The van der Waals surface area contributed by atoms with Crippen LogP contribution in [0.4, 0.5) is 4.79 Å². The number of hydroxylamine groups is 1. The van der Waals surface area contributed by atoms with Gasteiger partial charge < -0.3 is 30.3 Å². The first-order valence-electron chi connectivity index (χ1n) is 8.60. The Kier molecular flexibility index (Phi) is 8.87. The number of nitrogens with two attached hydrogens (primary N) is 1. The maximum atomic E-state index is 11.9. The van der Waals surface area contributed by atoms with Crippen molar-refractivity contribution in [3.05, 3.63) is 29.8 Å². The van der Waals surface area contributed by atoms with Crippen molar-refractivity contribution in [2.75, 3.05) is 6.61 Å². The second-order valence-corrected chi connectivity index (χ2v) is 6.64. The van der Waals surface area contributed by atoms with Gasteiger partial charge in [0.2, 0.25) is 0 Å². The minimum absolute atomic E-state index is 0.174. The number of rotatable bonds is 10. The van der Waals surface area contributed by atoms with Gasteiger partial charge in [-0.05, 0) is 23.6 Å². The van der Waals surface area contributed by atoms with Crippen molar-refractivity contribution in [1.29, 1.82) is 0 Å². The van der Waals surface area contributed by atoms with E-state index < -0.39 is 42.4 Å². The van der Waals surface area contributed by atoms with Crippen LogP contribution in [-0.4, -0.2) is 46.4 Å². The minimum atomic E-state index is -2.78. The normalized spacial score (nSPS) is 12.6. The number of aliphatic hydroxyl groups is 1. The van der Waals surface area contributed by atoms with Crippen molar-refractivity contribution in [2.24, 2.45) is 11.7 Å². The summed E-state index contributed by atoms with van der Waals surface area (Å²) < 4.78 is 10.5. The molecule has 5 N–H and O–H groups in total. The number of hydrogen-bond donors (Lipinski definition) is 4. The second-order valence-electron chi connectivity index (χ2n) is 6.64. The highest BCUT2D eigenvalue weighted by atomic mass is 16.7. The van der Waals surface area contributed by atoms with Crippen molar-refractivity contribution in [1.82, 2.24) is 5.48 Å². The SMILES string of the molecule is CC(C)COc1ccc(COC(=O)CC(O)(CC(=O)ONC(N)=O)C(=O)O)cc1. The Morgan fingerprint density at radius 2 is 1.69 bits per heavy atom. The topological polar surface area (TPSA) is 174 Å². The molecule has 160 valence electrons. The predicted molar refractivity (Wildman–Crippen MR) is 97.2 cm³/mol. The molecule has 1 aromatic carbocycles. The molecule has 1 unspecified atom stereocenters. The van der Waals surface area contributed by atoms with Crippen molar-refractivity contribution >= 4 is 23.9 Å². The molecule has 0 radical (unpaired) electrons. The van der Waals surface area contributed by atoms with Gasteiger partial charge in [-0.15, -0.1) is 0 Å². The number of nitrogens with one attached hydrogen (secondary N) is 1. The zero-order valence-corrected chi connectivity index (χ0v) is 16.0. The van der Waals surface area contributed by atoms with Crippen LogP contribution in [0.1, 0.15) is 32.3 Å². The highest BCUT2D eigenvalue weighted by Crippen LogP contribution is 2.19. The Hall–Kier alpha value is -3.34. The molecule has 0 saturated heterocycles. The molecule has 11 nitrogen and oxygen atoms in total. The quantitative estimate of drug-likeness (QED) is 0.315. The van der Waals surface area contributed by atoms with E-state index in [1.807, 2.05) is 13.8 Å². The number of urea groups is 1. The number of amides is 2.